The Morgan fingerprint density at radius 3 is 2.50 bits per heavy atom. The van der Waals surface area contributed by atoms with Gasteiger partial charge in [0.1, 0.15) is 17.3 Å². The van der Waals surface area contributed by atoms with Crippen LogP contribution in [-0.2, 0) is 6.42 Å². The van der Waals surface area contributed by atoms with E-state index in [1.54, 1.807) is 12.1 Å². The van der Waals surface area contributed by atoms with Crippen LogP contribution in [0.15, 0.2) is 48.5 Å². The molecule has 0 atom stereocenters. The largest absolute Gasteiger partial charge is 0.457 e. The third-order valence-corrected chi connectivity index (χ3v) is 3.31. The van der Waals surface area contributed by atoms with Gasteiger partial charge in [-0.2, -0.15) is 0 Å². The molecule has 0 aliphatic carbocycles. The number of rotatable bonds is 5. The van der Waals surface area contributed by atoms with Crippen molar-refractivity contribution in [1.29, 1.82) is 0 Å². The fourth-order valence-electron chi connectivity index (χ4n) is 1.67. The van der Waals surface area contributed by atoms with E-state index in [0.717, 1.165) is 16.6 Å². The molecular formula is C15H14FIO. The van der Waals surface area contributed by atoms with Gasteiger partial charge in [0.15, 0.2) is 0 Å². The van der Waals surface area contributed by atoms with Gasteiger partial charge in [-0.15, -0.1) is 0 Å². The molecule has 1 nitrogen and oxygen atoms in total. The van der Waals surface area contributed by atoms with Crippen molar-refractivity contribution in [3.8, 4) is 11.5 Å². The second-order valence-corrected chi connectivity index (χ2v) is 5.07. The monoisotopic (exact) mass is 356 g/mol. The Morgan fingerprint density at radius 1 is 1.00 bits per heavy atom. The van der Waals surface area contributed by atoms with Crippen LogP contribution in [-0.4, -0.2) is 4.43 Å². The van der Waals surface area contributed by atoms with Crippen molar-refractivity contribution in [1.82, 2.24) is 0 Å². The molecule has 0 saturated carbocycles. The van der Waals surface area contributed by atoms with Gasteiger partial charge in [-0.1, -0.05) is 34.7 Å². The lowest BCUT2D eigenvalue weighted by atomic mass is 10.1. The van der Waals surface area contributed by atoms with Crippen molar-refractivity contribution in [2.75, 3.05) is 4.43 Å². The molecule has 2 aromatic carbocycles. The molecule has 0 bridgehead atoms. The molecule has 0 heterocycles. The predicted octanol–water partition coefficient (Wildman–Crippen LogP) is 4.99. The van der Waals surface area contributed by atoms with E-state index in [1.165, 1.54) is 24.1 Å². The summed E-state index contributed by atoms with van der Waals surface area (Å²) in [5, 5.41) is 0. The third kappa shape index (κ3) is 3.98. The molecule has 0 spiro atoms. The summed E-state index contributed by atoms with van der Waals surface area (Å²) in [5.41, 5.74) is 1.27. The zero-order chi connectivity index (χ0) is 12.8. The zero-order valence-electron chi connectivity index (χ0n) is 9.90. The van der Waals surface area contributed by atoms with E-state index in [9.17, 15) is 4.39 Å². The van der Waals surface area contributed by atoms with E-state index in [1.807, 2.05) is 18.2 Å². The first kappa shape index (κ1) is 13.3. The zero-order valence-corrected chi connectivity index (χ0v) is 12.1. The average Bonchev–Trinajstić information content (AvgIpc) is 2.40. The van der Waals surface area contributed by atoms with Gasteiger partial charge >= 0.3 is 0 Å². The summed E-state index contributed by atoms with van der Waals surface area (Å²) in [7, 11) is 0. The SMILES string of the molecule is Fc1ccc(Oc2cccc(CCCI)c2)cc1. The van der Waals surface area contributed by atoms with Crippen molar-refractivity contribution < 1.29 is 9.13 Å². The highest BCUT2D eigenvalue weighted by atomic mass is 127. The van der Waals surface area contributed by atoms with E-state index in [0.29, 0.717) is 5.75 Å². The van der Waals surface area contributed by atoms with Gasteiger partial charge in [0.25, 0.3) is 0 Å². The lowest BCUT2D eigenvalue weighted by Crippen LogP contribution is -1.89. The van der Waals surface area contributed by atoms with Crippen LogP contribution < -0.4 is 4.74 Å². The van der Waals surface area contributed by atoms with E-state index >= 15 is 0 Å². The number of alkyl halides is 1. The summed E-state index contributed by atoms with van der Waals surface area (Å²) >= 11 is 2.38. The summed E-state index contributed by atoms with van der Waals surface area (Å²) in [6.45, 7) is 0. The predicted molar refractivity (Wildman–Crippen MR) is 80.1 cm³/mol. The molecule has 0 aromatic heterocycles. The first-order valence-electron chi connectivity index (χ1n) is 5.86. The number of benzene rings is 2. The summed E-state index contributed by atoms with van der Waals surface area (Å²) in [6, 6.07) is 14.1. The fraction of sp³-hybridized carbons (Fsp3) is 0.200. The van der Waals surface area contributed by atoms with Gasteiger partial charge in [0.05, 0.1) is 0 Å². The van der Waals surface area contributed by atoms with Crippen LogP contribution in [0, 0.1) is 5.82 Å². The third-order valence-electron chi connectivity index (χ3n) is 2.55. The van der Waals surface area contributed by atoms with Crippen LogP contribution in [0.4, 0.5) is 4.39 Å². The van der Waals surface area contributed by atoms with E-state index in [-0.39, 0.29) is 5.82 Å². The maximum atomic E-state index is 12.8. The van der Waals surface area contributed by atoms with Crippen LogP contribution in [0.25, 0.3) is 0 Å². The molecule has 0 unspecified atom stereocenters. The molecule has 18 heavy (non-hydrogen) atoms. The van der Waals surface area contributed by atoms with Gasteiger partial charge in [-0.05, 0) is 59.2 Å². The van der Waals surface area contributed by atoms with E-state index < -0.39 is 0 Å². The molecule has 3 heteroatoms. The Hall–Kier alpha value is -1.10. The first-order chi connectivity index (χ1) is 8.78. The molecule has 0 fully saturated rings. The summed E-state index contributed by atoms with van der Waals surface area (Å²) < 4.78 is 19.6. The smallest absolute Gasteiger partial charge is 0.127 e. The lowest BCUT2D eigenvalue weighted by molar-refractivity contribution is 0.480. The Morgan fingerprint density at radius 2 is 1.78 bits per heavy atom. The van der Waals surface area contributed by atoms with Crippen LogP contribution in [0.5, 0.6) is 11.5 Å². The minimum atomic E-state index is -0.252. The summed E-state index contributed by atoms with van der Waals surface area (Å²) in [6.07, 6.45) is 2.23. The van der Waals surface area contributed by atoms with Gasteiger partial charge in [0.2, 0.25) is 0 Å². The minimum Gasteiger partial charge on any atom is -0.457 e. The fourth-order valence-corrected chi connectivity index (χ4v) is 2.06. The van der Waals surface area contributed by atoms with Gasteiger partial charge in [-0.3, -0.25) is 0 Å². The van der Waals surface area contributed by atoms with Crippen molar-refractivity contribution in [2.45, 2.75) is 12.8 Å². The number of aryl methyl sites for hydroxylation is 1. The van der Waals surface area contributed by atoms with Crippen molar-refractivity contribution >= 4 is 22.6 Å². The number of hydrogen-bond acceptors (Lipinski definition) is 1. The Labute approximate surface area is 120 Å². The van der Waals surface area contributed by atoms with Crippen LogP contribution in [0.2, 0.25) is 0 Å². The quantitative estimate of drug-likeness (QED) is 0.542. The second kappa shape index (κ2) is 6.73. The van der Waals surface area contributed by atoms with Crippen molar-refractivity contribution in [2.24, 2.45) is 0 Å². The van der Waals surface area contributed by atoms with Gasteiger partial charge in [-0.25, -0.2) is 4.39 Å². The van der Waals surface area contributed by atoms with E-state index in [2.05, 4.69) is 28.7 Å². The molecule has 2 rings (SSSR count). The Kier molecular flexibility index (Phi) is 4.99. The summed E-state index contributed by atoms with van der Waals surface area (Å²) in [4.78, 5) is 0. The molecule has 0 aliphatic rings. The van der Waals surface area contributed by atoms with Crippen LogP contribution in [0.3, 0.4) is 0 Å². The normalized spacial score (nSPS) is 10.3. The molecule has 0 aliphatic heterocycles. The van der Waals surface area contributed by atoms with Crippen LogP contribution in [0.1, 0.15) is 12.0 Å². The average molecular weight is 356 g/mol. The molecular weight excluding hydrogens is 342 g/mol. The lowest BCUT2D eigenvalue weighted by Gasteiger charge is -2.07. The highest BCUT2D eigenvalue weighted by Gasteiger charge is 1.99. The number of halogens is 2. The number of hydrogen-bond donors (Lipinski definition) is 0. The Balaban J connectivity index is 2.06. The molecule has 0 amide bonds. The molecule has 94 valence electrons. The maximum absolute atomic E-state index is 12.8. The molecule has 0 radical (unpaired) electrons. The molecule has 0 N–H and O–H groups in total. The maximum Gasteiger partial charge on any atom is 0.127 e. The highest BCUT2D eigenvalue weighted by Crippen LogP contribution is 2.22. The topological polar surface area (TPSA) is 9.23 Å². The van der Waals surface area contributed by atoms with E-state index in [4.69, 9.17) is 4.74 Å². The molecule has 0 saturated heterocycles. The standard InChI is InChI=1S/C15H14FIO/c16-13-6-8-14(9-7-13)18-15-5-1-3-12(11-15)4-2-10-17/h1,3,5-9,11H,2,4,10H2. The minimum absolute atomic E-state index is 0.252. The van der Waals surface area contributed by atoms with Crippen molar-refractivity contribution in [3.05, 3.63) is 59.9 Å². The number of ether oxygens (including phenoxy) is 1. The summed E-state index contributed by atoms with van der Waals surface area (Å²) in [5.74, 6) is 1.20. The Bertz CT molecular complexity index is 496. The van der Waals surface area contributed by atoms with Gasteiger partial charge in [0, 0.05) is 0 Å². The van der Waals surface area contributed by atoms with Gasteiger partial charge < -0.3 is 4.74 Å². The highest BCUT2D eigenvalue weighted by molar-refractivity contribution is 14.1. The van der Waals surface area contributed by atoms with Crippen molar-refractivity contribution in [3.63, 3.8) is 0 Å². The second-order valence-electron chi connectivity index (χ2n) is 4.00. The van der Waals surface area contributed by atoms with Crippen LogP contribution >= 0.6 is 22.6 Å². The first-order valence-corrected chi connectivity index (χ1v) is 7.39. The molecule has 2 aromatic rings.